The number of benzene rings is 4. The Bertz CT molecular complexity index is 1300. The van der Waals surface area contributed by atoms with Gasteiger partial charge in [-0.2, -0.15) is 0 Å². The zero-order valence-electron chi connectivity index (χ0n) is 23.0. The minimum atomic E-state index is -1.07. The Hall–Kier alpha value is -3.09. The molecule has 0 saturated carbocycles. The van der Waals surface area contributed by atoms with Crippen LogP contribution in [0.1, 0.15) is 22.3 Å². The van der Waals surface area contributed by atoms with Gasteiger partial charge in [0.15, 0.2) is 0 Å². The van der Waals surface area contributed by atoms with Gasteiger partial charge in [-0.3, -0.25) is 0 Å². The molecule has 8 heteroatoms. The van der Waals surface area contributed by atoms with E-state index in [1.807, 2.05) is 96.9 Å². The fraction of sp³-hybridized carbons (Fsp3) is 0.176. The molecule has 4 nitrogen and oxygen atoms in total. The molecule has 2 saturated heterocycles. The van der Waals surface area contributed by atoms with Crippen molar-refractivity contribution in [2.24, 2.45) is 0 Å². The molecular weight excluding hydrogens is 565 g/mol. The topological polar surface area (TPSA) is 36.9 Å². The van der Waals surface area contributed by atoms with Crippen molar-refractivity contribution in [1.82, 2.24) is 0 Å². The summed E-state index contributed by atoms with van der Waals surface area (Å²) >= 11 is 12.2. The maximum atomic E-state index is 7.04. The van der Waals surface area contributed by atoms with Gasteiger partial charge in [-0.1, -0.05) is 145 Å². The van der Waals surface area contributed by atoms with Crippen LogP contribution >= 0.6 is 23.2 Å². The first-order chi connectivity index (χ1) is 20.7. The Balaban J connectivity index is 1.67. The van der Waals surface area contributed by atoms with Gasteiger partial charge in [-0.25, -0.2) is 0 Å². The Kier molecular flexibility index (Phi) is 9.01. The Morgan fingerprint density at radius 3 is 1.05 bits per heavy atom. The monoisotopic (exact) mass is 594 g/mol. The summed E-state index contributed by atoms with van der Waals surface area (Å²) in [5, 5.41) is 0. The van der Waals surface area contributed by atoms with Crippen LogP contribution in [-0.4, -0.2) is 38.2 Å². The molecule has 42 heavy (non-hydrogen) atoms. The summed E-state index contributed by atoms with van der Waals surface area (Å²) in [4.78, 5) is 0. The second-order valence-corrected chi connectivity index (χ2v) is 10.8. The average Bonchev–Trinajstić information content (AvgIpc) is 3.07. The van der Waals surface area contributed by atoms with Crippen molar-refractivity contribution in [3.8, 4) is 0 Å². The van der Waals surface area contributed by atoms with E-state index in [9.17, 15) is 0 Å². The smallest absolute Gasteiger partial charge is 0.398 e. The highest BCUT2D eigenvalue weighted by Crippen LogP contribution is 2.53. The van der Waals surface area contributed by atoms with E-state index in [0.29, 0.717) is 11.8 Å². The van der Waals surface area contributed by atoms with Crippen LogP contribution in [0.3, 0.4) is 0 Å². The molecule has 0 bridgehead atoms. The van der Waals surface area contributed by atoms with E-state index in [-0.39, 0.29) is 0 Å². The first-order valence-corrected chi connectivity index (χ1v) is 15.1. The second-order valence-electron chi connectivity index (χ2n) is 10.2. The Morgan fingerprint density at radius 2 is 0.786 bits per heavy atom. The van der Waals surface area contributed by atoms with Gasteiger partial charge in [-0.15, -0.1) is 23.2 Å². The third kappa shape index (κ3) is 5.28. The fourth-order valence-electron chi connectivity index (χ4n) is 6.11. The normalized spacial score (nSPS) is 21.5. The number of fused-ring (bicyclic) bond motifs is 1. The summed E-state index contributed by atoms with van der Waals surface area (Å²) in [6.07, 6.45) is 2.39. The molecule has 2 atom stereocenters. The van der Waals surface area contributed by atoms with Gasteiger partial charge < -0.3 is 18.6 Å². The summed E-state index contributed by atoms with van der Waals surface area (Å²) < 4.78 is 27.9. The fourth-order valence-corrected chi connectivity index (χ4v) is 6.31. The van der Waals surface area contributed by atoms with Crippen LogP contribution in [-0.2, 0) is 29.8 Å². The molecule has 0 unspecified atom stereocenters. The zero-order valence-corrected chi connectivity index (χ0v) is 24.5. The largest absolute Gasteiger partial charge is 0.487 e. The van der Waals surface area contributed by atoms with Gasteiger partial charge in [0.1, 0.15) is 23.4 Å². The van der Waals surface area contributed by atoms with Crippen LogP contribution < -0.4 is 0 Å². The summed E-state index contributed by atoms with van der Waals surface area (Å²) in [6, 6.07) is 40.7. The van der Waals surface area contributed by atoms with Crippen LogP contribution in [0.15, 0.2) is 145 Å². The van der Waals surface area contributed by atoms with Crippen molar-refractivity contribution in [3.63, 3.8) is 0 Å². The van der Waals surface area contributed by atoms with E-state index in [2.05, 4.69) is 48.5 Å². The number of alkyl halides is 2. The molecule has 4 aromatic carbocycles. The molecule has 2 fully saturated rings. The molecule has 2 aliphatic heterocycles. The van der Waals surface area contributed by atoms with E-state index in [1.54, 1.807) is 0 Å². The lowest BCUT2D eigenvalue weighted by Crippen LogP contribution is -2.71. The Labute approximate surface area is 258 Å². The third-order valence-corrected chi connectivity index (χ3v) is 8.17. The van der Waals surface area contributed by atoms with Gasteiger partial charge in [0.05, 0.1) is 0 Å². The predicted molar refractivity (Wildman–Crippen MR) is 170 cm³/mol. The van der Waals surface area contributed by atoms with E-state index in [4.69, 9.17) is 41.8 Å². The minimum absolute atomic E-state index is 0.321. The van der Waals surface area contributed by atoms with Crippen LogP contribution in [0, 0.1) is 0 Å². The van der Waals surface area contributed by atoms with Crippen LogP contribution in [0.4, 0.5) is 0 Å². The molecule has 0 N–H and O–H groups in total. The van der Waals surface area contributed by atoms with Crippen molar-refractivity contribution < 1.29 is 18.6 Å². The average molecular weight is 595 g/mol. The number of rotatable bonds is 8. The minimum Gasteiger partial charge on any atom is -0.398 e. The molecule has 4 aromatic rings. The highest BCUT2D eigenvalue weighted by atomic mass is 35.5. The van der Waals surface area contributed by atoms with Crippen molar-refractivity contribution >= 4 is 37.4 Å². The summed E-state index contributed by atoms with van der Waals surface area (Å²) in [5.74, 6) is 4.37. The maximum Gasteiger partial charge on any atom is 0.487 e. The standard InChI is InChI=1S/C34H30B2Cl2O4/c37-25-13-23-35-40-32-31(33(41-35,27-15-5-1-6-16-27)28-17-7-2-8-18-28)39-36(24-14-26-38)42-34(32,29-19-9-3-10-20-29)30-21-11-4-12-22-30/h1-24,31-32H,25-26H2/b23-13+,24-14+/t31-,32-/m1/s1. The molecule has 0 spiro atoms. The SMILES string of the molecule is ClC/C=C/B1O[C@@H]2[C@@H](OB(/C=C/CCl)OC2(c2ccccc2)c2ccccc2)C(c2ccccc2)(c2ccccc2)O1. The second kappa shape index (κ2) is 13.0. The molecule has 0 amide bonds. The van der Waals surface area contributed by atoms with Gasteiger partial charge in [0, 0.05) is 11.8 Å². The molecule has 2 heterocycles. The number of allylic oxidation sites excluding steroid dienone is 2. The third-order valence-electron chi connectivity index (χ3n) is 7.82. The van der Waals surface area contributed by atoms with Crippen LogP contribution in [0.5, 0.6) is 0 Å². The van der Waals surface area contributed by atoms with Crippen molar-refractivity contribution in [2.75, 3.05) is 11.8 Å². The van der Waals surface area contributed by atoms with Crippen molar-refractivity contribution in [3.05, 3.63) is 168 Å². The quantitative estimate of drug-likeness (QED) is 0.158. The highest BCUT2D eigenvalue weighted by Gasteiger charge is 2.65. The lowest BCUT2D eigenvalue weighted by Gasteiger charge is -2.58. The van der Waals surface area contributed by atoms with E-state index >= 15 is 0 Å². The predicted octanol–water partition coefficient (Wildman–Crippen LogP) is 7.35. The Morgan fingerprint density at radius 1 is 0.500 bits per heavy atom. The molecule has 0 radical (unpaired) electrons. The van der Waals surface area contributed by atoms with Crippen molar-refractivity contribution in [1.29, 1.82) is 0 Å². The molecular formula is C34H30B2Cl2O4. The summed E-state index contributed by atoms with van der Waals surface area (Å²) in [7, 11) is -1.50. The molecule has 0 aromatic heterocycles. The van der Waals surface area contributed by atoms with E-state index in [1.165, 1.54) is 0 Å². The van der Waals surface area contributed by atoms with Gasteiger partial charge in [0.2, 0.25) is 0 Å². The van der Waals surface area contributed by atoms with Gasteiger partial charge in [0.25, 0.3) is 0 Å². The number of halogens is 2. The number of hydrogen-bond donors (Lipinski definition) is 0. The maximum absolute atomic E-state index is 7.04. The van der Waals surface area contributed by atoms with Crippen LogP contribution in [0.25, 0.3) is 0 Å². The molecule has 6 rings (SSSR count). The summed E-state index contributed by atoms with van der Waals surface area (Å²) in [6.45, 7) is 0. The lowest BCUT2D eigenvalue weighted by atomic mass is 9.64. The molecule has 0 aliphatic carbocycles. The summed E-state index contributed by atoms with van der Waals surface area (Å²) in [5.41, 5.74) is 1.62. The highest BCUT2D eigenvalue weighted by molar-refractivity contribution is 6.52. The van der Waals surface area contributed by atoms with Crippen LogP contribution in [0.2, 0.25) is 0 Å². The number of hydrogen-bond acceptors (Lipinski definition) is 4. The van der Waals surface area contributed by atoms with Gasteiger partial charge >= 0.3 is 14.2 Å². The zero-order chi connectivity index (χ0) is 28.8. The lowest BCUT2D eigenvalue weighted by molar-refractivity contribution is -0.211. The van der Waals surface area contributed by atoms with E-state index in [0.717, 1.165) is 22.3 Å². The molecule has 210 valence electrons. The van der Waals surface area contributed by atoms with Crippen molar-refractivity contribution in [2.45, 2.75) is 23.4 Å². The first-order valence-electron chi connectivity index (χ1n) is 14.1. The molecule has 2 aliphatic rings. The van der Waals surface area contributed by atoms with E-state index < -0.39 is 37.6 Å². The van der Waals surface area contributed by atoms with Gasteiger partial charge in [-0.05, 0) is 22.3 Å². The first kappa shape index (κ1) is 29.0.